The van der Waals surface area contributed by atoms with Gasteiger partial charge in [0, 0.05) is 0 Å². The Bertz CT molecular complexity index is 436. The van der Waals surface area contributed by atoms with Crippen molar-refractivity contribution in [2.24, 2.45) is 17.1 Å². The first-order valence-corrected chi connectivity index (χ1v) is 6.97. The summed E-state index contributed by atoms with van der Waals surface area (Å²) in [5.41, 5.74) is 6.74. The lowest BCUT2D eigenvalue weighted by atomic mass is 9.86. The molecule has 0 aliphatic heterocycles. The van der Waals surface area contributed by atoms with Gasteiger partial charge >= 0.3 is 0 Å². The van der Waals surface area contributed by atoms with E-state index in [4.69, 9.17) is 5.73 Å². The van der Waals surface area contributed by atoms with Crippen LogP contribution in [-0.2, 0) is 4.79 Å². The standard InChI is InChI=1S/C16H24N2O/c1-16(2,3)14(15(17)19)18-10-12-9-13(12)11-7-5-4-6-8-11/h4-8,12-14,18H,9-10H2,1-3H3,(H2,17,19)/t12-,13-,14+/m0/s1. The molecule has 1 aliphatic carbocycles. The van der Waals surface area contributed by atoms with Gasteiger partial charge in [-0.2, -0.15) is 0 Å². The molecule has 104 valence electrons. The van der Waals surface area contributed by atoms with E-state index in [1.54, 1.807) is 0 Å². The largest absolute Gasteiger partial charge is 0.368 e. The Morgan fingerprint density at radius 1 is 1.37 bits per heavy atom. The Morgan fingerprint density at radius 3 is 2.53 bits per heavy atom. The van der Waals surface area contributed by atoms with Gasteiger partial charge in [0.05, 0.1) is 6.04 Å². The monoisotopic (exact) mass is 260 g/mol. The Labute approximate surface area is 115 Å². The van der Waals surface area contributed by atoms with Gasteiger partial charge < -0.3 is 11.1 Å². The number of hydrogen-bond donors (Lipinski definition) is 2. The molecule has 1 saturated carbocycles. The van der Waals surface area contributed by atoms with Crippen molar-refractivity contribution < 1.29 is 4.79 Å². The number of benzene rings is 1. The number of nitrogens with one attached hydrogen (secondary N) is 1. The number of amides is 1. The van der Waals surface area contributed by atoms with E-state index in [9.17, 15) is 4.79 Å². The SMILES string of the molecule is CC(C)(C)[C@H](NC[C@@H]1C[C@H]1c1ccccc1)C(N)=O. The molecule has 1 aromatic rings. The molecule has 0 saturated heterocycles. The second-order valence-electron chi connectivity index (χ2n) is 6.62. The summed E-state index contributed by atoms with van der Waals surface area (Å²) in [7, 11) is 0. The topological polar surface area (TPSA) is 55.1 Å². The number of carbonyl (C=O) groups excluding carboxylic acids is 1. The van der Waals surface area contributed by atoms with E-state index >= 15 is 0 Å². The average molecular weight is 260 g/mol. The number of rotatable bonds is 5. The lowest BCUT2D eigenvalue weighted by Gasteiger charge is -2.29. The van der Waals surface area contributed by atoms with Crippen molar-refractivity contribution in [2.45, 2.75) is 39.2 Å². The Balaban J connectivity index is 1.86. The number of nitrogens with two attached hydrogens (primary N) is 1. The molecule has 0 heterocycles. The minimum Gasteiger partial charge on any atom is -0.368 e. The third-order valence-electron chi connectivity index (χ3n) is 3.89. The minimum absolute atomic E-state index is 0.136. The van der Waals surface area contributed by atoms with Crippen molar-refractivity contribution in [3.05, 3.63) is 35.9 Å². The highest BCUT2D eigenvalue weighted by Crippen LogP contribution is 2.46. The Morgan fingerprint density at radius 2 is 2.00 bits per heavy atom. The van der Waals surface area contributed by atoms with E-state index in [0.29, 0.717) is 11.8 Å². The molecule has 19 heavy (non-hydrogen) atoms. The van der Waals surface area contributed by atoms with Crippen LogP contribution in [0.2, 0.25) is 0 Å². The smallest absolute Gasteiger partial charge is 0.235 e. The maximum Gasteiger partial charge on any atom is 0.235 e. The van der Waals surface area contributed by atoms with E-state index in [-0.39, 0.29) is 17.4 Å². The van der Waals surface area contributed by atoms with E-state index in [1.807, 2.05) is 26.8 Å². The third kappa shape index (κ3) is 3.57. The number of primary amides is 1. The third-order valence-corrected chi connectivity index (χ3v) is 3.89. The van der Waals surface area contributed by atoms with Gasteiger partial charge in [0.1, 0.15) is 0 Å². The molecule has 0 aromatic heterocycles. The van der Waals surface area contributed by atoms with Crippen molar-refractivity contribution in [1.29, 1.82) is 0 Å². The summed E-state index contributed by atoms with van der Waals surface area (Å²) >= 11 is 0. The molecule has 0 radical (unpaired) electrons. The summed E-state index contributed by atoms with van der Waals surface area (Å²) in [6.45, 7) is 6.98. The summed E-state index contributed by atoms with van der Waals surface area (Å²) in [5, 5.41) is 3.35. The molecule has 3 atom stereocenters. The zero-order valence-corrected chi connectivity index (χ0v) is 12.0. The van der Waals surface area contributed by atoms with Crippen molar-refractivity contribution >= 4 is 5.91 Å². The molecule has 1 fully saturated rings. The summed E-state index contributed by atoms with van der Waals surface area (Å²) in [6, 6.07) is 10.3. The van der Waals surface area contributed by atoms with Crippen LogP contribution in [0.15, 0.2) is 30.3 Å². The van der Waals surface area contributed by atoms with Crippen molar-refractivity contribution in [1.82, 2.24) is 5.32 Å². The molecule has 3 nitrogen and oxygen atoms in total. The second kappa shape index (κ2) is 5.33. The number of hydrogen-bond acceptors (Lipinski definition) is 2. The lowest BCUT2D eigenvalue weighted by Crippen LogP contribution is -2.50. The van der Waals surface area contributed by atoms with Crippen LogP contribution in [0.25, 0.3) is 0 Å². The van der Waals surface area contributed by atoms with Crippen molar-refractivity contribution in [2.75, 3.05) is 6.54 Å². The molecule has 3 heteroatoms. The minimum atomic E-state index is -0.260. The van der Waals surface area contributed by atoms with Crippen LogP contribution in [0.5, 0.6) is 0 Å². The quantitative estimate of drug-likeness (QED) is 0.853. The predicted molar refractivity (Wildman–Crippen MR) is 77.7 cm³/mol. The van der Waals surface area contributed by atoms with Crippen LogP contribution >= 0.6 is 0 Å². The van der Waals surface area contributed by atoms with E-state index in [0.717, 1.165) is 6.54 Å². The van der Waals surface area contributed by atoms with E-state index < -0.39 is 0 Å². The van der Waals surface area contributed by atoms with Gasteiger partial charge in [0.2, 0.25) is 5.91 Å². The van der Waals surface area contributed by atoms with Crippen molar-refractivity contribution in [3.63, 3.8) is 0 Å². The number of carbonyl (C=O) groups is 1. The fraction of sp³-hybridized carbons (Fsp3) is 0.562. The molecular weight excluding hydrogens is 236 g/mol. The second-order valence-corrected chi connectivity index (χ2v) is 6.62. The highest BCUT2D eigenvalue weighted by Gasteiger charge is 2.39. The molecule has 1 aromatic carbocycles. The summed E-state index contributed by atoms with van der Waals surface area (Å²) in [6.07, 6.45) is 1.20. The average Bonchev–Trinajstić information content (AvgIpc) is 3.08. The van der Waals surface area contributed by atoms with Crippen molar-refractivity contribution in [3.8, 4) is 0 Å². The summed E-state index contributed by atoms with van der Waals surface area (Å²) in [4.78, 5) is 11.5. The first-order valence-electron chi connectivity index (χ1n) is 6.97. The van der Waals surface area contributed by atoms with Gasteiger partial charge in [0.15, 0.2) is 0 Å². The fourth-order valence-electron chi connectivity index (χ4n) is 2.68. The zero-order chi connectivity index (χ0) is 14.0. The Kier molecular flexibility index (Phi) is 3.95. The highest BCUT2D eigenvalue weighted by molar-refractivity contribution is 5.80. The zero-order valence-electron chi connectivity index (χ0n) is 12.0. The van der Waals surface area contributed by atoms with Gasteiger partial charge in [-0.1, -0.05) is 51.1 Å². The predicted octanol–water partition coefficient (Wildman–Crippen LogP) is 2.28. The van der Waals surface area contributed by atoms with Crippen LogP contribution in [-0.4, -0.2) is 18.5 Å². The molecule has 0 spiro atoms. The maximum atomic E-state index is 11.5. The molecule has 2 rings (SSSR count). The lowest BCUT2D eigenvalue weighted by molar-refractivity contribution is -0.122. The fourth-order valence-corrected chi connectivity index (χ4v) is 2.68. The summed E-state index contributed by atoms with van der Waals surface area (Å²) in [5.74, 6) is 1.01. The van der Waals surface area contributed by atoms with Gasteiger partial charge in [-0.15, -0.1) is 0 Å². The maximum absolute atomic E-state index is 11.5. The molecule has 3 N–H and O–H groups in total. The molecule has 0 unspecified atom stereocenters. The Hall–Kier alpha value is -1.35. The van der Waals surface area contributed by atoms with E-state index in [2.05, 4.69) is 29.6 Å². The van der Waals surface area contributed by atoms with Crippen LogP contribution in [0.4, 0.5) is 0 Å². The van der Waals surface area contributed by atoms with Gasteiger partial charge in [-0.3, -0.25) is 4.79 Å². The normalized spacial score (nSPS) is 23.9. The van der Waals surface area contributed by atoms with Crippen LogP contribution in [0, 0.1) is 11.3 Å². The molecule has 0 bridgehead atoms. The molecule has 1 amide bonds. The first kappa shape index (κ1) is 14.1. The van der Waals surface area contributed by atoms with Gasteiger partial charge in [-0.25, -0.2) is 0 Å². The highest BCUT2D eigenvalue weighted by atomic mass is 16.1. The molecule has 1 aliphatic rings. The van der Waals surface area contributed by atoms with Gasteiger partial charge in [0.25, 0.3) is 0 Å². The molecular formula is C16H24N2O. The summed E-state index contributed by atoms with van der Waals surface area (Å²) < 4.78 is 0. The van der Waals surface area contributed by atoms with Crippen LogP contribution in [0.1, 0.15) is 38.7 Å². The van der Waals surface area contributed by atoms with Gasteiger partial charge in [-0.05, 0) is 35.8 Å². The van der Waals surface area contributed by atoms with Crippen LogP contribution in [0.3, 0.4) is 0 Å². The van der Waals surface area contributed by atoms with Crippen LogP contribution < -0.4 is 11.1 Å². The first-order chi connectivity index (χ1) is 8.89. The van der Waals surface area contributed by atoms with E-state index in [1.165, 1.54) is 12.0 Å².